The van der Waals surface area contributed by atoms with Crippen molar-refractivity contribution >= 4 is 12.2 Å². The Labute approximate surface area is 173 Å². The summed E-state index contributed by atoms with van der Waals surface area (Å²) in [5.41, 5.74) is 7.68. The molecule has 2 aromatic carbocycles. The number of aryl methyl sites for hydroxylation is 2. The van der Waals surface area contributed by atoms with Crippen molar-refractivity contribution in [2.45, 2.75) is 20.4 Å². The molecule has 30 heavy (non-hydrogen) atoms. The summed E-state index contributed by atoms with van der Waals surface area (Å²) < 4.78 is 1.89. The molecule has 150 valence electrons. The quantitative estimate of drug-likeness (QED) is 0.383. The molecular formula is C22H21N7O. The molecule has 0 aliphatic carbocycles. The Morgan fingerprint density at radius 1 is 1.10 bits per heavy atom. The molecule has 0 radical (unpaired) electrons. The Bertz CT molecular complexity index is 1240. The minimum Gasteiger partial charge on any atom is -0.288 e. The normalized spacial score (nSPS) is 11.1. The smallest absolute Gasteiger partial charge is 0.274 e. The van der Waals surface area contributed by atoms with E-state index in [-0.39, 0.29) is 11.5 Å². The molecule has 0 saturated heterocycles. The zero-order valence-corrected chi connectivity index (χ0v) is 16.7. The van der Waals surface area contributed by atoms with Crippen LogP contribution in [0.5, 0.6) is 0 Å². The second-order valence-electron chi connectivity index (χ2n) is 6.94. The molecule has 4 aromatic rings. The van der Waals surface area contributed by atoms with Crippen LogP contribution < -0.4 is 11.0 Å². The van der Waals surface area contributed by atoms with Crippen LogP contribution >= 0.6 is 0 Å². The van der Waals surface area contributed by atoms with Crippen molar-refractivity contribution in [1.82, 2.24) is 25.0 Å². The Morgan fingerprint density at radius 3 is 2.70 bits per heavy atom. The molecule has 0 atom stereocenters. The molecule has 8 nitrogen and oxygen atoms in total. The first-order chi connectivity index (χ1) is 14.6. The molecule has 2 N–H and O–H groups in total. The highest BCUT2D eigenvalue weighted by atomic mass is 16.1. The zero-order valence-electron chi connectivity index (χ0n) is 16.7. The Hall–Kier alpha value is -4.07. The SMILES string of the molecule is Cc1cccc(-c2nn(Cc3ccccc3)cc2/C=N\Nc2nnc(C)c(=O)[nH]2)c1. The van der Waals surface area contributed by atoms with Gasteiger partial charge in [0.25, 0.3) is 5.56 Å². The number of nitrogens with one attached hydrogen (secondary N) is 2. The maximum atomic E-state index is 11.7. The average Bonchev–Trinajstić information content (AvgIpc) is 3.14. The standard InChI is InChI=1S/C22H21N7O/c1-15-7-6-10-18(11-15)20-19(12-23-26-22-24-21(30)16(2)25-27-22)14-29(28-20)13-17-8-4-3-5-9-17/h3-12,14H,13H2,1-2H3,(H2,24,26,27,30)/b23-12-. The molecule has 0 aliphatic rings. The Kier molecular flexibility index (Phi) is 5.47. The molecule has 2 aromatic heterocycles. The summed E-state index contributed by atoms with van der Waals surface area (Å²) in [5.74, 6) is 0.177. The van der Waals surface area contributed by atoms with Gasteiger partial charge in [0.1, 0.15) is 11.4 Å². The van der Waals surface area contributed by atoms with Gasteiger partial charge in [0.2, 0.25) is 5.95 Å². The minimum absolute atomic E-state index is 0.177. The minimum atomic E-state index is -0.307. The van der Waals surface area contributed by atoms with Gasteiger partial charge in [0, 0.05) is 17.3 Å². The monoisotopic (exact) mass is 399 g/mol. The van der Waals surface area contributed by atoms with Gasteiger partial charge in [-0.15, -0.1) is 10.2 Å². The molecule has 0 amide bonds. The third kappa shape index (κ3) is 4.49. The number of aromatic amines is 1. The van der Waals surface area contributed by atoms with E-state index >= 15 is 0 Å². The molecule has 0 spiro atoms. The fourth-order valence-electron chi connectivity index (χ4n) is 3.01. The van der Waals surface area contributed by atoms with Crippen LogP contribution in [0.15, 0.2) is 70.7 Å². The van der Waals surface area contributed by atoms with Crippen LogP contribution in [0.3, 0.4) is 0 Å². The van der Waals surface area contributed by atoms with Crippen LogP contribution in [0, 0.1) is 13.8 Å². The van der Waals surface area contributed by atoms with E-state index < -0.39 is 0 Å². The number of rotatable bonds is 6. The van der Waals surface area contributed by atoms with Crippen LogP contribution in [-0.4, -0.2) is 31.2 Å². The van der Waals surface area contributed by atoms with Crippen molar-refractivity contribution < 1.29 is 0 Å². The molecule has 8 heteroatoms. The largest absolute Gasteiger partial charge is 0.288 e. The first-order valence-electron chi connectivity index (χ1n) is 9.49. The van der Waals surface area contributed by atoms with Gasteiger partial charge in [0.15, 0.2) is 0 Å². The lowest BCUT2D eigenvalue weighted by atomic mass is 10.1. The summed E-state index contributed by atoms with van der Waals surface area (Å²) in [6.07, 6.45) is 3.60. The van der Waals surface area contributed by atoms with Gasteiger partial charge < -0.3 is 0 Å². The van der Waals surface area contributed by atoms with Crippen molar-refractivity contribution in [2.75, 3.05) is 5.43 Å². The van der Waals surface area contributed by atoms with E-state index in [0.717, 1.165) is 27.9 Å². The summed E-state index contributed by atoms with van der Waals surface area (Å²) in [5, 5.41) is 16.6. The maximum absolute atomic E-state index is 11.7. The number of aromatic nitrogens is 5. The van der Waals surface area contributed by atoms with Gasteiger partial charge in [-0.05, 0) is 25.5 Å². The number of hydrazone groups is 1. The van der Waals surface area contributed by atoms with E-state index in [9.17, 15) is 4.79 Å². The van der Waals surface area contributed by atoms with E-state index in [1.165, 1.54) is 0 Å². The van der Waals surface area contributed by atoms with Crippen molar-refractivity contribution in [3.63, 3.8) is 0 Å². The van der Waals surface area contributed by atoms with Crippen molar-refractivity contribution in [2.24, 2.45) is 5.10 Å². The third-order valence-electron chi connectivity index (χ3n) is 4.50. The van der Waals surface area contributed by atoms with Crippen LogP contribution in [-0.2, 0) is 6.54 Å². The van der Waals surface area contributed by atoms with Crippen molar-refractivity contribution in [3.8, 4) is 11.3 Å². The summed E-state index contributed by atoms with van der Waals surface area (Å²) >= 11 is 0. The van der Waals surface area contributed by atoms with Crippen LogP contribution in [0.4, 0.5) is 5.95 Å². The van der Waals surface area contributed by atoms with E-state index in [4.69, 9.17) is 5.10 Å². The van der Waals surface area contributed by atoms with Crippen molar-refractivity contribution in [1.29, 1.82) is 0 Å². The molecule has 2 heterocycles. The predicted octanol–water partition coefficient (Wildman–Crippen LogP) is 3.14. The number of hydrogen-bond acceptors (Lipinski definition) is 6. The third-order valence-corrected chi connectivity index (χ3v) is 4.50. The molecule has 0 unspecified atom stereocenters. The number of nitrogens with zero attached hydrogens (tertiary/aromatic N) is 5. The highest BCUT2D eigenvalue weighted by molar-refractivity contribution is 5.88. The van der Waals surface area contributed by atoms with E-state index in [1.807, 2.05) is 54.2 Å². The van der Waals surface area contributed by atoms with E-state index in [1.54, 1.807) is 13.1 Å². The highest BCUT2D eigenvalue weighted by Gasteiger charge is 2.11. The summed E-state index contributed by atoms with van der Waals surface area (Å²) in [6.45, 7) is 4.29. The molecule has 0 aliphatic heterocycles. The second kappa shape index (κ2) is 8.52. The van der Waals surface area contributed by atoms with Gasteiger partial charge in [-0.3, -0.25) is 14.5 Å². The number of hydrogen-bond donors (Lipinski definition) is 2. The maximum Gasteiger partial charge on any atom is 0.274 e. The molecule has 4 rings (SSSR count). The second-order valence-corrected chi connectivity index (χ2v) is 6.94. The number of H-pyrrole nitrogens is 1. The topological polar surface area (TPSA) is 101 Å². The fourth-order valence-corrected chi connectivity index (χ4v) is 3.01. The Balaban J connectivity index is 1.64. The van der Waals surface area contributed by atoms with Crippen LogP contribution in [0.2, 0.25) is 0 Å². The van der Waals surface area contributed by atoms with Gasteiger partial charge in [-0.25, -0.2) is 5.43 Å². The lowest BCUT2D eigenvalue weighted by molar-refractivity contribution is 0.689. The summed E-state index contributed by atoms with van der Waals surface area (Å²) in [7, 11) is 0. The molecule has 0 bridgehead atoms. The number of benzene rings is 2. The van der Waals surface area contributed by atoms with E-state index in [0.29, 0.717) is 12.2 Å². The van der Waals surface area contributed by atoms with E-state index in [2.05, 4.69) is 43.9 Å². The average molecular weight is 399 g/mol. The molecular weight excluding hydrogens is 378 g/mol. The first kappa shape index (κ1) is 19.3. The number of anilines is 1. The zero-order chi connectivity index (χ0) is 20.9. The van der Waals surface area contributed by atoms with Gasteiger partial charge in [-0.2, -0.15) is 10.2 Å². The summed E-state index contributed by atoms with van der Waals surface area (Å²) in [4.78, 5) is 14.2. The first-order valence-corrected chi connectivity index (χ1v) is 9.49. The van der Waals surface area contributed by atoms with Gasteiger partial charge in [-0.1, -0.05) is 54.1 Å². The van der Waals surface area contributed by atoms with Crippen LogP contribution in [0.25, 0.3) is 11.3 Å². The summed E-state index contributed by atoms with van der Waals surface area (Å²) in [6, 6.07) is 18.3. The van der Waals surface area contributed by atoms with Crippen LogP contribution in [0.1, 0.15) is 22.4 Å². The van der Waals surface area contributed by atoms with Gasteiger partial charge in [0.05, 0.1) is 12.8 Å². The highest BCUT2D eigenvalue weighted by Crippen LogP contribution is 2.22. The molecule has 0 saturated carbocycles. The lowest BCUT2D eigenvalue weighted by Gasteiger charge is -2.02. The van der Waals surface area contributed by atoms with Crippen molar-refractivity contribution in [3.05, 3.63) is 93.5 Å². The predicted molar refractivity (Wildman–Crippen MR) is 117 cm³/mol. The Morgan fingerprint density at radius 2 is 1.93 bits per heavy atom. The van der Waals surface area contributed by atoms with Gasteiger partial charge >= 0.3 is 0 Å². The lowest BCUT2D eigenvalue weighted by Crippen LogP contribution is -2.15. The fraction of sp³-hybridized carbons (Fsp3) is 0.136. The molecule has 0 fully saturated rings.